The molecule has 0 radical (unpaired) electrons. The Morgan fingerprint density at radius 3 is 2.20 bits per heavy atom. The van der Waals surface area contributed by atoms with E-state index >= 15 is 0 Å². The summed E-state index contributed by atoms with van der Waals surface area (Å²) in [5, 5.41) is 2.94. The Bertz CT molecular complexity index is 860. The van der Waals surface area contributed by atoms with E-state index in [1.807, 2.05) is 12.1 Å². The molecule has 2 aromatic carbocycles. The largest absolute Gasteiger partial charge is 0.372 e. The van der Waals surface area contributed by atoms with Gasteiger partial charge in [-0.05, 0) is 56.3 Å². The second-order valence-electron chi connectivity index (χ2n) is 5.59. The summed E-state index contributed by atoms with van der Waals surface area (Å²) < 4.78 is 23.3. The molecule has 2 rings (SSSR count). The zero-order valence-electron chi connectivity index (χ0n) is 14.4. The molecule has 0 bridgehead atoms. The van der Waals surface area contributed by atoms with E-state index in [9.17, 15) is 13.2 Å². The Kier molecular flexibility index (Phi) is 6.08. The van der Waals surface area contributed by atoms with Crippen molar-refractivity contribution in [2.75, 3.05) is 29.6 Å². The molecule has 0 heterocycles. The molecule has 25 heavy (non-hydrogen) atoms. The number of nitrogens with one attached hydrogen (secondary N) is 1. The number of hydrogen-bond donors (Lipinski definition) is 1. The van der Waals surface area contributed by atoms with Gasteiger partial charge >= 0.3 is 0 Å². The van der Waals surface area contributed by atoms with Gasteiger partial charge in [0.2, 0.25) is 0 Å². The maximum Gasteiger partial charge on any atom is 0.257 e. The fourth-order valence-electron chi connectivity index (χ4n) is 2.45. The van der Waals surface area contributed by atoms with E-state index in [1.165, 1.54) is 18.2 Å². The number of rotatable bonds is 6. The fourth-order valence-corrected chi connectivity index (χ4v) is 3.30. The van der Waals surface area contributed by atoms with Crippen LogP contribution in [0.15, 0.2) is 47.4 Å². The second-order valence-corrected chi connectivity index (χ2v) is 8.01. The highest BCUT2D eigenvalue weighted by molar-refractivity contribution is 7.90. The van der Waals surface area contributed by atoms with Crippen molar-refractivity contribution in [3.05, 3.63) is 53.1 Å². The van der Waals surface area contributed by atoms with Crippen molar-refractivity contribution in [3.8, 4) is 0 Å². The molecule has 7 heteroatoms. The number of amides is 1. The molecular weight excluding hydrogens is 360 g/mol. The lowest BCUT2D eigenvalue weighted by Crippen LogP contribution is -2.21. The number of halogens is 1. The molecule has 0 saturated carbocycles. The summed E-state index contributed by atoms with van der Waals surface area (Å²) in [5.74, 6) is -0.453. The van der Waals surface area contributed by atoms with Crippen LogP contribution in [-0.4, -0.2) is 33.7 Å². The number of benzene rings is 2. The summed E-state index contributed by atoms with van der Waals surface area (Å²) in [4.78, 5) is 14.7. The first-order valence-electron chi connectivity index (χ1n) is 7.92. The number of carbonyl (C=O) groups excluding carboxylic acids is 1. The molecule has 0 aromatic heterocycles. The molecule has 1 N–H and O–H groups in total. The minimum absolute atomic E-state index is 0.0546. The third-order valence-electron chi connectivity index (χ3n) is 3.86. The average Bonchev–Trinajstić information content (AvgIpc) is 2.56. The highest BCUT2D eigenvalue weighted by Gasteiger charge is 2.16. The molecule has 1 amide bonds. The number of carbonyl (C=O) groups is 1. The van der Waals surface area contributed by atoms with Crippen molar-refractivity contribution in [2.45, 2.75) is 18.7 Å². The standard InChI is InChI=1S/C18H21ClN2O3S/c1-4-21(5-2)14-8-6-13(7-9-14)20-18(22)16-12-15(25(3,23)24)10-11-17(16)19/h6-12H,4-5H2,1-3H3,(H,20,22). The Labute approximate surface area is 153 Å². The first-order chi connectivity index (χ1) is 11.8. The molecule has 134 valence electrons. The summed E-state index contributed by atoms with van der Waals surface area (Å²) in [6, 6.07) is 11.6. The number of sulfone groups is 1. The normalized spacial score (nSPS) is 11.2. The van der Waals surface area contributed by atoms with E-state index < -0.39 is 15.7 Å². The predicted molar refractivity (Wildman–Crippen MR) is 103 cm³/mol. The van der Waals surface area contributed by atoms with Gasteiger partial charge in [-0.15, -0.1) is 0 Å². The van der Waals surface area contributed by atoms with Gasteiger partial charge in [0.25, 0.3) is 5.91 Å². The average molecular weight is 381 g/mol. The first kappa shape index (κ1) is 19.3. The van der Waals surface area contributed by atoms with Gasteiger partial charge in [-0.25, -0.2) is 8.42 Å². The van der Waals surface area contributed by atoms with Crippen LogP contribution in [0.2, 0.25) is 5.02 Å². The smallest absolute Gasteiger partial charge is 0.257 e. The minimum Gasteiger partial charge on any atom is -0.372 e. The van der Waals surface area contributed by atoms with E-state index in [1.54, 1.807) is 12.1 Å². The molecule has 0 atom stereocenters. The van der Waals surface area contributed by atoms with E-state index in [4.69, 9.17) is 11.6 Å². The van der Waals surface area contributed by atoms with Gasteiger partial charge in [0.15, 0.2) is 9.84 Å². The van der Waals surface area contributed by atoms with Gasteiger partial charge in [-0.3, -0.25) is 4.79 Å². The maximum atomic E-state index is 12.4. The van der Waals surface area contributed by atoms with Crippen molar-refractivity contribution < 1.29 is 13.2 Å². The summed E-state index contributed by atoms with van der Waals surface area (Å²) in [6.45, 7) is 5.96. The highest BCUT2D eigenvalue weighted by Crippen LogP contribution is 2.23. The lowest BCUT2D eigenvalue weighted by atomic mass is 10.2. The second kappa shape index (κ2) is 7.89. The SMILES string of the molecule is CCN(CC)c1ccc(NC(=O)c2cc(S(C)(=O)=O)ccc2Cl)cc1. The van der Waals surface area contributed by atoms with Gasteiger partial charge < -0.3 is 10.2 Å². The summed E-state index contributed by atoms with van der Waals surface area (Å²) in [6.07, 6.45) is 1.09. The van der Waals surface area contributed by atoms with E-state index in [2.05, 4.69) is 24.1 Å². The molecule has 0 aliphatic carbocycles. The van der Waals surface area contributed by atoms with Gasteiger partial charge in [-0.2, -0.15) is 0 Å². The van der Waals surface area contributed by atoms with Crippen LogP contribution >= 0.6 is 11.6 Å². The highest BCUT2D eigenvalue weighted by atomic mass is 35.5. The Morgan fingerprint density at radius 2 is 1.68 bits per heavy atom. The topological polar surface area (TPSA) is 66.5 Å². The van der Waals surface area contributed by atoms with Gasteiger partial charge in [0, 0.05) is 30.7 Å². The molecule has 0 spiro atoms. The van der Waals surface area contributed by atoms with Gasteiger partial charge in [-0.1, -0.05) is 11.6 Å². The zero-order valence-corrected chi connectivity index (χ0v) is 16.0. The third-order valence-corrected chi connectivity index (χ3v) is 5.30. The lowest BCUT2D eigenvalue weighted by Gasteiger charge is -2.21. The van der Waals surface area contributed by atoms with Crippen LogP contribution in [-0.2, 0) is 9.84 Å². The molecule has 0 aliphatic heterocycles. The number of anilines is 2. The fraction of sp³-hybridized carbons (Fsp3) is 0.278. The van der Waals surface area contributed by atoms with Crippen LogP contribution < -0.4 is 10.2 Å². The van der Waals surface area contributed by atoms with Crippen molar-refractivity contribution in [3.63, 3.8) is 0 Å². The monoisotopic (exact) mass is 380 g/mol. The summed E-state index contributed by atoms with van der Waals surface area (Å²) >= 11 is 6.05. The maximum absolute atomic E-state index is 12.4. The van der Waals surface area contributed by atoms with Crippen LogP contribution in [0, 0.1) is 0 Å². The van der Waals surface area contributed by atoms with E-state index in [-0.39, 0.29) is 15.5 Å². The van der Waals surface area contributed by atoms with Crippen LogP contribution in [0.4, 0.5) is 11.4 Å². The van der Waals surface area contributed by atoms with E-state index in [0.29, 0.717) is 5.69 Å². The molecule has 2 aromatic rings. The Balaban J connectivity index is 2.22. The van der Waals surface area contributed by atoms with Crippen molar-refractivity contribution >= 4 is 38.7 Å². The third kappa shape index (κ3) is 4.74. The molecular formula is C18H21ClN2O3S. The van der Waals surface area contributed by atoms with Crippen LogP contribution in [0.5, 0.6) is 0 Å². The van der Waals surface area contributed by atoms with Crippen LogP contribution in [0.1, 0.15) is 24.2 Å². The predicted octanol–water partition coefficient (Wildman–Crippen LogP) is 3.84. The number of hydrogen-bond acceptors (Lipinski definition) is 4. The van der Waals surface area contributed by atoms with Crippen molar-refractivity contribution in [1.29, 1.82) is 0 Å². The molecule has 0 saturated heterocycles. The van der Waals surface area contributed by atoms with E-state index in [0.717, 1.165) is 25.0 Å². The Morgan fingerprint density at radius 1 is 1.08 bits per heavy atom. The molecule has 5 nitrogen and oxygen atoms in total. The van der Waals surface area contributed by atoms with Crippen LogP contribution in [0.25, 0.3) is 0 Å². The summed E-state index contributed by atoms with van der Waals surface area (Å²) in [5.41, 5.74) is 1.80. The quantitative estimate of drug-likeness (QED) is 0.826. The van der Waals surface area contributed by atoms with Crippen molar-refractivity contribution in [2.24, 2.45) is 0 Å². The lowest BCUT2D eigenvalue weighted by molar-refractivity contribution is 0.102. The summed E-state index contributed by atoms with van der Waals surface area (Å²) in [7, 11) is -3.41. The number of nitrogens with zero attached hydrogens (tertiary/aromatic N) is 1. The zero-order chi connectivity index (χ0) is 18.6. The first-order valence-corrected chi connectivity index (χ1v) is 10.2. The Hall–Kier alpha value is -2.05. The van der Waals surface area contributed by atoms with Gasteiger partial charge in [0.1, 0.15) is 0 Å². The molecule has 0 unspecified atom stereocenters. The van der Waals surface area contributed by atoms with Gasteiger partial charge in [0.05, 0.1) is 15.5 Å². The van der Waals surface area contributed by atoms with Crippen molar-refractivity contribution in [1.82, 2.24) is 0 Å². The molecule has 0 aliphatic rings. The molecule has 0 fully saturated rings. The minimum atomic E-state index is -3.41. The van der Waals surface area contributed by atoms with Crippen LogP contribution in [0.3, 0.4) is 0 Å².